The quantitative estimate of drug-likeness (QED) is 0.205. The Hall–Kier alpha value is -3.51. The molecule has 4 rings (SSSR count). The number of carbonyl (C=O) groups excluding carboxylic acids is 1. The molecular weight excluding hydrogens is 474 g/mol. The highest BCUT2D eigenvalue weighted by molar-refractivity contribution is 5.87. The van der Waals surface area contributed by atoms with E-state index in [1.165, 1.54) is 6.08 Å². The van der Waals surface area contributed by atoms with E-state index >= 15 is 0 Å². The highest BCUT2D eigenvalue weighted by Crippen LogP contribution is 2.32. The minimum atomic E-state index is -0.389. The molecule has 1 aliphatic heterocycles. The van der Waals surface area contributed by atoms with Gasteiger partial charge in [0.2, 0.25) is 5.91 Å². The first-order chi connectivity index (χ1) is 18.7. The molecule has 4 atom stereocenters. The maximum atomic E-state index is 13.2. The minimum Gasteiger partial charge on any atom is -0.375 e. The molecule has 0 N–H and O–H groups in total. The third-order valence-corrected chi connectivity index (χ3v) is 6.86. The van der Waals surface area contributed by atoms with Gasteiger partial charge in [0.15, 0.2) is 0 Å². The zero-order chi connectivity index (χ0) is 26.6. The summed E-state index contributed by atoms with van der Waals surface area (Å²) in [7, 11) is 0. The number of hydrogen-bond acceptors (Lipinski definition) is 4. The first kappa shape index (κ1) is 27.5. The third kappa shape index (κ3) is 7.51. The topological polar surface area (TPSA) is 48.0 Å². The zero-order valence-electron chi connectivity index (χ0n) is 21.9. The van der Waals surface area contributed by atoms with Crippen LogP contribution in [0.1, 0.15) is 29.5 Å². The first-order valence-corrected chi connectivity index (χ1v) is 13.2. The standard InChI is InChI=1S/C33H37NO4/c1-3-14-29-21-31(37-23-27-17-10-6-11-18-27)33(38-24-28-19-12-7-13-20-28)30(34(29)32(35)4-2)25-36-22-26-15-8-5-9-16-26/h3-13,15-20,29-31,33H,1-2,14,21-25H2/t29-,30+,31-,33-/m1/s1. The van der Waals surface area contributed by atoms with Gasteiger partial charge in [-0.15, -0.1) is 6.58 Å². The van der Waals surface area contributed by atoms with Crippen molar-refractivity contribution in [3.8, 4) is 0 Å². The Morgan fingerprint density at radius 2 is 1.32 bits per heavy atom. The summed E-state index contributed by atoms with van der Waals surface area (Å²) in [6.45, 7) is 9.36. The van der Waals surface area contributed by atoms with Crippen LogP contribution in [0, 0.1) is 0 Å². The number of amides is 1. The Bertz CT molecular complexity index is 1140. The molecule has 3 aromatic rings. The van der Waals surface area contributed by atoms with Gasteiger partial charge in [-0.3, -0.25) is 4.79 Å². The SMILES string of the molecule is C=CC[C@@H]1C[C@@H](OCc2ccccc2)[C@H](OCc2ccccc2)[C@H](COCc2ccccc2)N1C(=O)C=C. The van der Waals surface area contributed by atoms with Gasteiger partial charge in [0.25, 0.3) is 0 Å². The van der Waals surface area contributed by atoms with Crippen molar-refractivity contribution in [1.29, 1.82) is 0 Å². The molecule has 1 heterocycles. The Kier molecular flexibility index (Phi) is 10.5. The molecule has 0 saturated carbocycles. The van der Waals surface area contributed by atoms with Crippen LogP contribution in [0.3, 0.4) is 0 Å². The summed E-state index contributed by atoms with van der Waals surface area (Å²) >= 11 is 0. The van der Waals surface area contributed by atoms with E-state index in [2.05, 4.69) is 25.3 Å². The first-order valence-electron chi connectivity index (χ1n) is 13.2. The second-order valence-electron chi connectivity index (χ2n) is 9.53. The molecule has 38 heavy (non-hydrogen) atoms. The lowest BCUT2D eigenvalue weighted by atomic mass is 9.88. The van der Waals surface area contributed by atoms with Gasteiger partial charge in [-0.1, -0.05) is 104 Å². The molecule has 5 heteroatoms. The molecule has 1 amide bonds. The van der Waals surface area contributed by atoms with Gasteiger partial charge in [0, 0.05) is 6.04 Å². The molecule has 0 spiro atoms. The van der Waals surface area contributed by atoms with Gasteiger partial charge in [-0.05, 0) is 35.6 Å². The Morgan fingerprint density at radius 1 is 0.789 bits per heavy atom. The van der Waals surface area contributed by atoms with Gasteiger partial charge >= 0.3 is 0 Å². The molecule has 5 nitrogen and oxygen atoms in total. The van der Waals surface area contributed by atoms with Crippen molar-refractivity contribution in [2.75, 3.05) is 6.61 Å². The third-order valence-electron chi connectivity index (χ3n) is 6.86. The molecule has 3 aromatic carbocycles. The Balaban J connectivity index is 1.60. The highest BCUT2D eigenvalue weighted by Gasteiger charge is 2.45. The van der Waals surface area contributed by atoms with Crippen molar-refractivity contribution < 1.29 is 19.0 Å². The van der Waals surface area contributed by atoms with E-state index in [9.17, 15) is 4.79 Å². The molecule has 198 valence electrons. The van der Waals surface area contributed by atoms with E-state index in [0.717, 1.165) is 16.7 Å². The van der Waals surface area contributed by atoms with Gasteiger partial charge in [-0.2, -0.15) is 0 Å². The molecular formula is C33H37NO4. The number of rotatable bonds is 13. The lowest BCUT2D eigenvalue weighted by Gasteiger charge is -2.49. The normalized spacial score (nSPS) is 21.1. The van der Waals surface area contributed by atoms with Crippen molar-refractivity contribution in [3.05, 3.63) is 133 Å². The zero-order valence-corrected chi connectivity index (χ0v) is 21.9. The fourth-order valence-electron chi connectivity index (χ4n) is 5.02. The monoisotopic (exact) mass is 511 g/mol. The second-order valence-corrected chi connectivity index (χ2v) is 9.53. The van der Waals surface area contributed by atoms with Gasteiger partial charge < -0.3 is 19.1 Å². The summed E-state index contributed by atoms with van der Waals surface area (Å²) < 4.78 is 19.3. The number of benzene rings is 3. The van der Waals surface area contributed by atoms with Crippen LogP contribution in [0.2, 0.25) is 0 Å². The van der Waals surface area contributed by atoms with Crippen LogP contribution in [-0.2, 0) is 38.8 Å². The Morgan fingerprint density at radius 3 is 1.84 bits per heavy atom. The summed E-state index contributed by atoms with van der Waals surface area (Å²) in [5.41, 5.74) is 3.23. The van der Waals surface area contributed by atoms with Crippen LogP contribution in [0.15, 0.2) is 116 Å². The summed E-state index contributed by atoms with van der Waals surface area (Å²) in [6, 6.07) is 29.8. The molecule has 0 aliphatic carbocycles. The van der Waals surface area contributed by atoms with Crippen LogP contribution in [0.25, 0.3) is 0 Å². The van der Waals surface area contributed by atoms with Crippen molar-refractivity contribution in [2.24, 2.45) is 0 Å². The molecule has 1 aliphatic rings. The van der Waals surface area contributed by atoms with Gasteiger partial charge in [0.05, 0.1) is 38.6 Å². The molecule has 1 saturated heterocycles. The lowest BCUT2D eigenvalue weighted by Crippen LogP contribution is -2.63. The van der Waals surface area contributed by atoms with E-state index in [0.29, 0.717) is 39.3 Å². The van der Waals surface area contributed by atoms with Crippen molar-refractivity contribution in [2.45, 2.75) is 57.0 Å². The second kappa shape index (κ2) is 14.4. The van der Waals surface area contributed by atoms with Crippen LogP contribution in [0.4, 0.5) is 0 Å². The molecule has 0 unspecified atom stereocenters. The number of hydrogen-bond donors (Lipinski definition) is 0. The number of likely N-dealkylation sites (tertiary alicyclic amines) is 1. The lowest BCUT2D eigenvalue weighted by molar-refractivity contribution is -0.178. The van der Waals surface area contributed by atoms with E-state index in [1.807, 2.05) is 89.8 Å². The number of nitrogens with zero attached hydrogens (tertiary/aromatic N) is 1. The largest absolute Gasteiger partial charge is 0.375 e. The Labute approximate surface area is 226 Å². The van der Waals surface area contributed by atoms with Crippen molar-refractivity contribution in [3.63, 3.8) is 0 Å². The van der Waals surface area contributed by atoms with E-state index < -0.39 is 0 Å². The molecule has 0 aromatic heterocycles. The van der Waals surface area contributed by atoms with Crippen LogP contribution in [-0.4, -0.2) is 41.7 Å². The summed E-state index contributed by atoms with van der Waals surface area (Å²) in [4.78, 5) is 15.1. The molecule has 0 radical (unpaired) electrons. The van der Waals surface area contributed by atoms with Crippen molar-refractivity contribution in [1.82, 2.24) is 4.90 Å². The van der Waals surface area contributed by atoms with Gasteiger partial charge in [-0.25, -0.2) is 0 Å². The van der Waals surface area contributed by atoms with Crippen LogP contribution >= 0.6 is 0 Å². The van der Waals surface area contributed by atoms with E-state index in [1.54, 1.807) is 0 Å². The fraction of sp³-hybridized carbons (Fsp3) is 0.303. The highest BCUT2D eigenvalue weighted by atomic mass is 16.5. The maximum Gasteiger partial charge on any atom is 0.246 e. The number of carbonyl (C=O) groups is 1. The number of ether oxygens (including phenoxy) is 3. The average Bonchev–Trinajstić information content (AvgIpc) is 2.97. The summed E-state index contributed by atoms with van der Waals surface area (Å²) in [6.07, 6.45) is 3.88. The minimum absolute atomic E-state index is 0.0966. The molecule has 1 fully saturated rings. The van der Waals surface area contributed by atoms with Gasteiger partial charge in [0.1, 0.15) is 6.10 Å². The maximum absolute atomic E-state index is 13.2. The molecule has 0 bridgehead atoms. The smallest absolute Gasteiger partial charge is 0.246 e. The van der Waals surface area contributed by atoms with Crippen LogP contribution < -0.4 is 0 Å². The predicted octanol–water partition coefficient (Wildman–Crippen LogP) is 6.11. The summed E-state index contributed by atoms with van der Waals surface area (Å²) in [5, 5.41) is 0. The van der Waals surface area contributed by atoms with Crippen molar-refractivity contribution >= 4 is 5.91 Å². The fourth-order valence-corrected chi connectivity index (χ4v) is 5.02. The van der Waals surface area contributed by atoms with E-state index in [4.69, 9.17) is 14.2 Å². The van der Waals surface area contributed by atoms with Crippen LogP contribution in [0.5, 0.6) is 0 Å². The van der Waals surface area contributed by atoms with E-state index in [-0.39, 0.29) is 30.2 Å². The number of piperidine rings is 1. The average molecular weight is 512 g/mol. The predicted molar refractivity (Wildman–Crippen MR) is 150 cm³/mol. The summed E-state index contributed by atoms with van der Waals surface area (Å²) in [5.74, 6) is -0.139.